The molecular formula is C78H54N4Si2. The van der Waals surface area contributed by atoms with Crippen LogP contribution in [0.1, 0.15) is 5.56 Å². The van der Waals surface area contributed by atoms with Crippen LogP contribution < -0.4 is 51.3 Å². The van der Waals surface area contributed by atoms with Crippen molar-refractivity contribution in [2.45, 2.75) is 0 Å². The number of nitrogens with zero attached hydrogens (tertiary/aromatic N) is 4. The lowest BCUT2D eigenvalue weighted by Crippen LogP contribution is -2.74. The van der Waals surface area contributed by atoms with Gasteiger partial charge in [-0.1, -0.05) is 255 Å². The fraction of sp³-hybridized carbons (Fsp3) is 0. The highest BCUT2D eigenvalue weighted by Crippen LogP contribution is 2.47. The topological polar surface area (TPSA) is 34.6 Å². The molecule has 14 rings (SSSR count). The van der Waals surface area contributed by atoms with Gasteiger partial charge in [-0.3, -0.25) is 0 Å². The fourth-order valence-corrected chi connectivity index (χ4v) is 22.7. The molecule has 0 aliphatic heterocycles. The Kier molecular flexibility index (Phi) is 13.4. The minimum atomic E-state index is -2.81. The van der Waals surface area contributed by atoms with Crippen molar-refractivity contribution < 1.29 is 0 Å². The molecule has 0 aromatic heterocycles. The molecule has 0 saturated heterocycles. The van der Waals surface area contributed by atoms with Crippen LogP contribution in [-0.2, 0) is 0 Å². The smallest absolute Gasteiger partial charge is 0.187 e. The summed E-state index contributed by atoms with van der Waals surface area (Å²) in [6.07, 6.45) is 0. The van der Waals surface area contributed by atoms with Crippen molar-refractivity contribution in [1.82, 2.24) is 0 Å². The second kappa shape index (κ2) is 21.9. The predicted octanol–water partition coefficient (Wildman–Crippen LogP) is 14.7. The van der Waals surface area contributed by atoms with Crippen molar-refractivity contribution in [2.24, 2.45) is 0 Å². The Hall–Kier alpha value is -10.9. The Bertz CT molecular complexity index is 4190. The van der Waals surface area contributed by atoms with Crippen LogP contribution in [0.25, 0.3) is 37.2 Å². The van der Waals surface area contributed by atoms with E-state index in [1.54, 1.807) is 0 Å². The first kappa shape index (κ1) is 51.3. The Morgan fingerprint density at radius 2 is 0.548 bits per heavy atom. The van der Waals surface area contributed by atoms with Crippen molar-refractivity contribution >= 4 is 130 Å². The summed E-state index contributed by atoms with van der Waals surface area (Å²) < 4.78 is 0. The summed E-state index contributed by atoms with van der Waals surface area (Å²) in [5, 5.41) is 27.4. The molecule has 6 heteroatoms. The monoisotopic (exact) mass is 1100 g/mol. The highest BCUT2D eigenvalue weighted by Gasteiger charge is 2.43. The third-order valence-corrected chi connectivity index (χ3v) is 26.5. The Morgan fingerprint density at radius 3 is 0.833 bits per heavy atom. The normalized spacial score (nSPS) is 11.5. The Morgan fingerprint density at radius 1 is 0.286 bits per heavy atom. The minimum absolute atomic E-state index is 0.591. The molecular weight excluding hydrogens is 1050 g/mol. The number of benzene rings is 14. The van der Waals surface area contributed by atoms with E-state index in [0.29, 0.717) is 11.3 Å². The average molecular weight is 1100 g/mol. The first-order valence-electron chi connectivity index (χ1n) is 28.4. The van der Waals surface area contributed by atoms with Gasteiger partial charge in [-0.05, 0) is 136 Å². The lowest BCUT2D eigenvalue weighted by Gasteiger charge is -2.35. The largest absolute Gasteiger partial charge is 0.310 e. The zero-order chi connectivity index (χ0) is 56.5. The number of anilines is 6. The van der Waals surface area contributed by atoms with Crippen LogP contribution in [0.2, 0.25) is 0 Å². The second-order valence-corrected chi connectivity index (χ2v) is 29.0. The van der Waals surface area contributed by atoms with Crippen molar-refractivity contribution in [1.29, 1.82) is 5.26 Å². The van der Waals surface area contributed by atoms with Gasteiger partial charge in [0.05, 0.1) is 29.6 Å². The van der Waals surface area contributed by atoms with E-state index in [4.69, 9.17) is 6.57 Å². The lowest BCUT2D eigenvalue weighted by atomic mass is 9.91. The van der Waals surface area contributed by atoms with E-state index in [1.165, 1.54) is 52.3 Å². The minimum Gasteiger partial charge on any atom is -0.310 e. The van der Waals surface area contributed by atoms with E-state index < -0.39 is 16.1 Å². The van der Waals surface area contributed by atoms with Gasteiger partial charge < -0.3 is 9.80 Å². The third kappa shape index (κ3) is 8.65. The maximum Gasteiger partial charge on any atom is 0.187 e. The predicted molar refractivity (Wildman–Crippen MR) is 358 cm³/mol. The summed E-state index contributed by atoms with van der Waals surface area (Å²) in [6, 6.07) is 121. The molecule has 0 bridgehead atoms. The van der Waals surface area contributed by atoms with Gasteiger partial charge in [-0.15, -0.1) is 0 Å². The maximum atomic E-state index is 10.0. The van der Waals surface area contributed by atoms with Crippen LogP contribution in [0.3, 0.4) is 0 Å². The quantitative estimate of drug-likeness (QED) is 0.0471. The first-order valence-corrected chi connectivity index (χ1v) is 32.4. The standard InChI is InChI=1S/C78H54N4Si2/c1-80-60-38-42-62(43-39-60)82(64-46-50-72(51-47-64)84(68-26-14-5-15-27-68,69-28-16-6-17-29-69)70-30-18-7-19-31-70)76-55-37-59-34-52-73-75(54-36-58-35-53-74(76)78(59)77(58)73)81(61-40-32-57(56-79)33-41-61)63-44-48-71(49-45-63)83(65-20-8-2-9-21-65,66-22-10-3-11-23-66)67-24-12-4-13-25-67/h2-55H. The van der Waals surface area contributed by atoms with Crippen molar-refractivity contribution in [2.75, 3.05) is 9.80 Å². The van der Waals surface area contributed by atoms with Crippen molar-refractivity contribution in [3.8, 4) is 6.07 Å². The summed E-state index contributed by atoms with van der Waals surface area (Å²) in [5.74, 6) is 0. The van der Waals surface area contributed by atoms with Crippen LogP contribution in [0.4, 0.5) is 39.8 Å². The summed E-state index contributed by atoms with van der Waals surface area (Å²) in [4.78, 5) is 8.50. The lowest BCUT2D eigenvalue weighted by molar-refractivity contribution is 1.30. The summed E-state index contributed by atoms with van der Waals surface area (Å²) >= 11 is 0. The molecule has 0 fully saturated rings. The molecule has 84 heavy (non-hydrogen) atoms. The molecule has 0 radical (unpaired) electrons. The van der Waals surface area contributed by atoms with Crippen molar-refractivity contribution in [3.05, 3.63) is 345 Å². The molecule has 14 aromatic carbocycles. The first-order chi connectivity index (χ1) is 41.6. The SMILES string of the molecule is [C-]#[N+]c1ccc(N(c2ccc([Si](c3ccccc3)(c3ccccc3)c3ccccc3)cc2)c2ccc3ccc4c(N(c5ccc(C#N)cc5)c5ccc([Si](c6ccccc6)(c6ccccc6)c6ccccc6)cc5)ccc5ccc2c3c54)cc1. The van der Waals surface area contributed by atoms with Gasteiger partial charge >= 0.3 is 0 Å². The van der Waals surface area contributed by atoms with E-state index in [-0.39, 0.29) is 0 Å². The molecule has 0 N–H and O–H groups in total. The van der Waals surface area contributed by atoms with Gasteiger partial charge in [0.1, 0.15) is 0 Å². The molecule has 0 aliphatic carbocycles. The highest BCUT2D eigenvalue weighted by atomic mass is 28.3. The van der Waals surface area contributed by atoms with Crippen LogP contribution >= 0.6 is 0 Å². The van der Waals surface area contributed by atoms with Gasteiger partial charge in [-0.25, -0.2) is 4.85 Å². The molecule has 0 saturated carbocycles. The Labute approximate surface area is 492 Å². The van der Waals surface area contributed by atoms with Gasteiger partial charge in [0.25, 0.3) is 0 Å². The van der Waals surface area contributed by atoms with Gasteiger partial charge in [0.2, 0.25) is 0 Å². The molecule has 0 unspecified atom stereocenters. The molecule has 0 aliphatic rings. The molecule has 0 amide bonds. The average Bonchev–Trinajstić information content (AvgIpc) is 3.66. The van der Waals surface area contributed by atoms with Crippen LogP contribution in [-0.4, -0.2) is 16.1 Å². The fourth-order valence-electron chi connectivity index (χ4n) is 13.2. The molecule has 0 spiro atoms. The van der Waals surface area contributed by atoms with Crippen molar-refractivity contribution in [3.63, 3.8) is 0 Å². The molecule has 0 heterocycles. The van der Waals surface area contributed by atoms with Gasteiger partial charge in [0.15, 0.2) is 21.8 Å². The molecule has 14 aromatic rings. The van der Waals surface area contributed by atoms with E-state index in [9.17, 15) is 5.26 Å². The van der Waals surface area contributed by atoms with E-state index in [1.807, 2.05) is 24.3 Å². The summed E-state index contributed by atoms with van der Waals surface area (Å²) in [6.45, 7) is 7.88. The van der Waals surface area contributed by atoms with Gasteiger partial charge in [0, 0.05) is 33.5 Å². The second-order valence-electron chi connectivity index (χ2n) is 21.3. The summed E-state index contributed by atoms with van der Waals surface area (Å²) in [7, 11) is -5.62. The molecule has 394 valence electrons. The number of hydrogen-bond acceptors (Lipinski definition) is 3. The van der Waals surface area contributed by atoms with Gasteiger partial charge in [-0.2, -0.15) is 5.26 Å². The summed E-state index contributed by atoms with van der Waals surface area (Å²) in [5.41, 5.74) is 7.18. The molecule has 0 atom stereocenters. The zero-order valence-corrected chi connectivity index (χ0v) is 48.0. The maximum absolute atomic E-state index is 10.0. The Balaban J connectivity index is 0.944. The number of nitriles is 1. The van der Waals surface area contributed by atoms with Crippen LogP contribution in [0, 0.1) is 17.9 Å². The highest BCUT2D eigenvalue weighted by molar-refractivity contribution is 7.20. The van der Waals surface area contributed by atoms with Crippen LogP contribution in [0.15, 0.2) is 328 Å². The van der Waals surface area contributed by atoms with Crippen LogP contribution in [0.5, 0.6) is 0 Å². The van der Waals surface area contributed by atoms with E-state index >= 15 is 0 Å². The number of hydrogen-bond donors (Lipinski definition) is 0. The van der Waals surface area contributed by atoms with E-state index in [0.717, 1.165) is 55.7 Å². The zero-order valence-electron chi connectivity index (χ0n) is 46.0. The number of rotatable bonds is 14. The van der Waals surface area contributed by atoms with E-state index in [2.05, 4.69) is 324 Å². The third-order valence-electron chi connectivity index (χ3n) is 16.9. The molecule has 4 nitrogen and oxygen atoms in total.